The standard InChI is InChI=1S/C26H27NO5/c1-31-25(28)14-11-18-15-23(21-13-12-19-7-5-6-8-20(19)17-21)26(24(16-18)27(29)30)32-22-9-3-2-4-10-22/h5-8,12-13,15-17,22H,2-4,9-11,14H2,1H3. The highest BCUT2D eigenvalue weighted by Crippen LogP contribution is 2.42. The zero-order valence-corrected chi connectivity index (χ0v) is 18.2. The van der Waals surface area contributed by atoms with Crippen LogP contribution in [-0.2, 0) is 16.0 Å². The fourth-order valence-electron chi connectivity index (χ4n) is 4.34. The number of nitro groups is 1. The molecule has 0 heterocycles. The largest absolute Gasteiger partial charge is 0.483 e. The van der Waals surface area contributed by atoms with E-state index >= 15 is 0 Å². The molecule has 0 aliphatic heterocycles. The molecule has 0 unspecified atom stereocenters. The van der Waals surface area contributed by atoms with E-state index in [0.29, 0.717) is 23.3 Å². The maximum absolute atomic E-state index is 12.0. The van der Waals surface area contributed by atoms with Gasteiger partial charge in [0.2, 0.25) is 5.75 Å². The Hall–Kier alpha value is -3.41. The van der Waals surface area contributed by atoms with Crippen LogP contribution in [0.3, 0.4) is 0 Å². The molecule has 3 aromatic rings. The summed E-state index contributed by atoms with van der Waals surface area (Å²) in [5.74, 6) is -0.0264. The summed E-state index contributed by atoms with van der Waals surface area (Å²) in [5, 5.41) is 14.2. The average molecular weight is 434 g/mol. The molecule has 0 aromatic heterocycles. The Morgan fingerprint density at radius 3 is 2.50 bits per heavy atom. The molecule has 1 saturated carbocycles. The highest BCUT2D eigenvalue weighted by molar-refractivity contribution is 5.89. The zero-order chi connectivity index (χ0) is 22.5. The minimum Gasteiger partial charge on any atom is -0.483 e. The van der Waals surface area contributed by atoms with Gasteiger partial charge in [-0.1, -0.05) is 42.8 Å². The topological polar surface area (TPSA) is 78.7 Å². The van der Waals surface area contributed by atoms with E-state index in [-0.39, 0.29) is 29.1 Å². The Balaban J connectivity index is 1.82. The first-order chi connectivity index (χ1) is 15.5. The Bertz CT molecular complexity index is 1130. The maximum Gasteiger partial charge on any atom is 0.311 e. The van der Waals surface area contributed by atoms with Crippen LogP contribution in [0.1, 0.15) is 44.1 Å². The van der Waals surface area contributed by atoms with Gasteiger partial charge in [0.05, 0.1) is 18.1 Å². The smallest absolute Gasteiger partial charge is 0.311 e. The molecule has 3 aromatic carbocycles. The van der Waals surface area contributed by atoms with E-state index in [1.54, 1.807) is 0 Å². The third-order valence-electron chi connectivity index (χ3n) is 6.07. The van der Waals surface area contributed by atoms with Crippen LogP contribution in [0.2, 0.25) is 0 Å². The second-order valence-corrected chi connectivity index (χ2v) is 8.26. The van der Waals surface area contributed by atoms with Gasteiger partial charge in [-0.05, 0) is 66.1 Å². The maximum atomic E-state index is 12.0. The molecule has 0 saturated heterocycles. The molecule has 4 rings (SSSR count). The summed E-state index contributed by atoms with van der Waals surface area (Å²) in [6, 6.07) is 17.5. The average Bonchev–Trinajstić information content (AvgIpc) is 2.83. The Kier molecular flexibility index (Phi) is 6.69. The van der Waals surface area contributed by atoms with Gasteiger partial charge in [0.15, 0.2) is 0 Å². The van der Waals surface area contributed by atoms with Crippen molar-refractivity contribution in [2.75, 3.05) is 7.11 Å². The second-order valence-electron chi connectivity index (χ2n) is 8.26. The van der Waals surface area contributed by atoms with Gasteiger partial charge in [-0.25, -0.2) is 0 Å². The first-order valence-electron chi connectivity index (χ1n) is 11.1. The minimum atomic E-state index is -0.385. The number of hydrogen-bond donors (Lipinski definition) is 0. The van der Waals surface area contributed by atoms with Gasteiger partial charge in [0, 0.05) is 18.1 Å². The van der Waals surface area contributed by atoms with Crippen molar-refractivity contribution in [1.29, 1.82) is 0 Å². The summed E-state index contributed by atoms with van der Waals surface area (Å²) in [5.41, 5.74) is 2.20. The molecule has 0 spiro atoms. The molecule has 0 N–H and O–H groups in total. The lowest BCUT2D eigenvalue weighted by atomic mass is 9.95. The molecule has 1 aliphatic rings. The summed E-state index contributed by atoms with van der Waals surface area (Å²) >= 11 is 0. The van der Waals surface area contributed by atoms with Crippen LogP contribution in [0, 0.1) is 10.1 Å². The van der Waals surface area contributed by atoms with Crippen molar-refractivity contribution in [3.05, 3.63) is 70.3 Å². The van der Waals surface area contributed by atoms with E-state index in [2.05, 4.69) is 0 Å². The van der Waals surface area contributed by atoms with E-state index in [1.807, 2.05) is 48.5 Å². The van der Waals surface area contributed by atoms with Crippen molar-refractivity contribution in [3.63, 3.8) is 0 Å². The van der Waals surface area contributed by atoms with Crippen molar-refractivity contribution in [1.82, 2.24) is 0 Å². The minimum absolute atomic E-state index is 0.0254. The van der Waals surface area contributed by atoms with E-state index in [1.165, 1.54) is 19.6 Å². The Morgan fingerprint density at radius 1 is 1.03 bits per heavy atom. The predicted octanol–water partition coefficient (Wildman–Crippen LogP) is 6.23. The molecular weight excluding hydrogens is 406 g/mol. The van der Waals surface area contributed by atoms with Crippen LogP contribution in [0.4, 0.5) is 5.69 Å². The SMILES string of the molecule is COC(=O)CCc1cc(-c2ccc3ccccc3c2)c(OC2CCCCC2)c([N+](=O)[O-])c1. The van der Waals surface area contributed by atoms with Crippen molar-refractivity contribution < 1.29 is 19.2 Å². The molecular formula is C26H27NO5. The van der Waals surface area contributed by atoms with Crippen LogP contribution in [-0.4, -0.2) is 24.1 Å². The van der Waals surface area contributed by atoms with Gasteiger partial charge in [-0.3, -0.25) is 14.9 Å². The predicted molar refractivity (Wildman–Crippen MR) is 124 cm³/mol. The van der Waals surface area contributed by atoms with E-state index in [4.69, 9.17) is 9.47 Å². The lowest BCUT2D eigenvalue weighted by Crippen LogP contribution is -2.20. The normalized spacial score (nSPS) is 14.3. The monoisotopic (exact) mass is 433 g/mol. The summed E-state index contributed by atoms with van der Waals surface area (Å²) < 4.78 is 11.1. The highest BCUT2D eigenvalue weighted by atomic mass is 16.6. The van der Waals surface area contributed by atoms with Gasteiger partial charge >= 0.3 is 11.7 Å². The van der Waals surface area contributed by atoms with Gasteiger partial charge in [0.25, 0.3) is 0 Å². The first kappa shape index (κ1) is 21.8. The number of nitrogens with zero attached hydrogens (tertiary/aromatic N) is 1. The van der Waals surface area contributed by atoms with Crippen molar-refractivity contribution in [2.24, 2.45) is 0 Å². The van der Waals surface area contributed by atoms with E-state index < -0.39 is 0 Å². The lowest BCUT2D eigenvalue weighted by Gasteiger charge is -2.24. The number of carbonyl (C=O) groups excluding carboxylic acids is 1. The molecule has 32 heavy (non-hydrogen) atoms. The van der Waals surface area contributed by atoms with Crippen molar-refractivity contribution in [2.45, 2.75) is 51.0 Å². The van der Waals surface area contributed by atoms with Crippen LogP contribution >= 0.6 is 0 Å². The highest BCUT2D eigenvalue weighted by Gasteiger charge is 2.26. The fraction of sp³-hybridized carbons (Fsp3) is 0.346. The third kappa shape index (κ3) is 4.90. The van der Waals surface area contributed by atoms with Crippen LogP contribution in [0.25, 0.3) is 21.9 Å². The summed E-state index contributed by atoms with van der Waals surface area (Å²) in [6.45, 7) is 0. The van der Waals surface area contributed by atoms with Crippen LogP contribution in [0.15, 0.2) is 54.6 Å². The number of hydrogen-bond acceptors (Lipinski definition) is 5. The van der Waals surface area contributed by atoms with Crippen molar-refractivity contribution in [3.8, 4) is 16.9 Å². The Labute approximate surface area is 187 Å². The summed E-state index contributed by atoms with van der Waals surface area (Å²) in [6.07, 6.45) is 5.61. The van der Waals surface area contributed by atoms with Gasteiger partial charge < -0.3 is 9.47 Å². The number of benzene rings is 3. The second kappa shape index (κ2) is 9.81. The number of aryl methyl sites for hydroxylation is 1. The van der Waals surface area contributed by atoms with Gasteiger partial charge in [-0.2, -0.15) is 0 Å². The van der Waals surface area contributed by atoms with Gasteiger partial charge in [0.1, 0.15) is 0 Å². The zero-order valence-electron chi connectivity index (χ0n) is 18.2. The number of fused-ring (bicyclic) bond motifs is 1. The molecule has 0 atom stereocenters. The first-order valence-corrected chi connectivity index (χ1v) is 11.1. The van der Waals surface area contributed by atoms with Crippen LogP contribution < -0.4 is 4.74 Å². The van der Waals surface area contributed by atoms with E-state index in [9.17, 15) is 14.9 Å². The molecule has 6 heteroatoms. The molecule has 0 radical (unpaired) electrons. The number of rotatable bonds is 7. The number of nitro benzene ring substituents is 1. The van der Waals surface area contributed by atoms with Gasteiger partial charge in [-0.15, -0.1) is 0 Å². The van der Waals surface area contributed by atoms with E-state index in [0.717, 1.165) is 42.0 Å². The number of ether oxygens (including phenoxy) is 2. The molecule has 166 valence electrons. The Morgan fingerprint density at radius 2 is 1.78 bits per heavy atom. The molecule has 1 aliphatic carbocycles. The molecule has 0 bridgehead atoms. The lowest BCUT2D eigenvalue weighted by molar-refractivity contribution is -0.386. The molecule has 1 fully saturated rings. The summed E-state index contributed by atoms with van der Waals surface area (Å²) in [4.78, 5) is 23.3. The van der Waals surface area contributed by atoms with Crippen molar-refractivity contribution >= 4 is 22.4 Å². The summed E-state index contributed by atoms with van der Waals surface area (Å²) in [7, 11) is 1.34. The quantitative estimate of drug-likeness (QED) is 0.251. The number of methoxy groups -OCH3 is 1. The molecule has 6 nitrogen and oxygen atoms in total. The third-order valence-corrected chi connectivity index (χ3v) is 6.07. The number of esters is 1. The number of carbonyl (C=O) groups is 1. The molecule has 0 amide bonds. The van der Waals surface area contributed by atoms with Crippen LogP contribution in [0.5, 0.6) is 5.75 Å². The fourth-order valence-corrected chi connectivity index (χ4v) is 4.34.